The van der Waals surface area contributed by atoms with Crippen molar-refractivity contribution in [3.8, 4) is 23.0 Å². The number of carbonyl (C=O) groups is 1. The van der Waals surface area contributed by atoms with E-state index in [1.807, 2.05) is 37.3 Å². The highest BCUT2D eigenvalue weighted by Gasteiger charge is 2.24. The van der Waals surface area contributed by atoms with Crippen LogP contribution in [0.3, 0.4) is 0 Å². The lowest BCUT2D eigenvalue weighted by Gasteiger charge is -2.26. The molecule has 3 heterocycles. The fourth-order valence-corrected chi connectivity index (χ4v) is 4.62. The predicted octanol–water partition coefficient (Wildman–Crippen LogP) is 4.12. The second-order valence-electron chi connectivity index (χ2n) is 8.93. The molecule has 9 heteroatoms. The summed E-state index contributed by atoms with van der Waals surface area (Å²) in [5, 5.41) is 6.27. The first-order valence-corrected chi connectivity index (χ1v) is 12.4. The zero-order valence-electron chi connectivity index (χ0n) is 20.8. The number of hydrogen-bond donors (Lipinski definition) is 2. The van der Waals surface area contributed by atoms with Crippen LogP contribution in [0.25, 0.3) is 10.9 Å². The monoisotopic (exact) mass is 492 g/mol. The van der Waals surface area contributed by atoms with Gasteiger partial charge in [0.1, 0.15) is 11.5 Å². The number of nitrogens with zero attached hydrogens (tertiary/aromatic N) is 2. The van der Waals surface area contributed by atoms with Gasteiger partial charge in [0.2, 0.25) is 0 Å². The van der Waals surface area contributed by atoms with E-state index in [4.69, 9.17) is 18.9 Å². The summed E-state index contributed by atoms with van der Waals surface area (Å²) >= 11 is 0. The Labute approximate surface area is 210 Å². The molecule has 0 radical (unpaired) electrons. The molecule has 0 bridgehead atoms. The van der Waals surface area contributed by atoms with Crippen molar-refractivity contribution in [2.75, 3.05) is 58.4 Å². The minimum absolute atomic E-state index is 0.266. The third-order valence-corrected chi connectivity index (χ3v) is 6.47. The molecule has 1 fully saturated rings. The standard InChI is InChI=1S/C27H32N4O5/c1-18-16-19(30-27(32)28-2)4-5-22(18)36-23-6-8-29-21-17-24(26-20(25(21)23)7-13-35-26)34-12-3-9-31-10-14-33-15-11-31/h4-6,8,16-17H,3,7,9-15H2,1-2H3,(H2,28,30,32). The molecular weight excluding hydrogens is 460 g/mol. The van der Waals surface area contributed by atoms with E-state index in [0.717, 1.165) is 85.0 Å². The number of ether oxygens (including phenoxy) is 4. The van der Waals surface area contributed by atoms with Crippen LogP contribution in [0.15, 0.2) is 36.5 Å². The minimum Gasteiger partial charge on any atom is -0.490 e. The van der Waals surface area contributed by atoms with Crippen LogP contribution < -0.4 is 24.8 Å². The third kappa shape index (κ3) is 5.32. The van der Waals surface area contributed by atoms with Crippen molar-refractivity contribution in [2.45, 2.75) is 19.8 Å². The van der Waals surface area contributed by atoms with Crippen molar-refractivity contribution in [3.63, 3.8) is 0 Å². The number of aryl methyl sites for hydroxylation is 1. The SMILES string of the molecule is CNC(=O)Nc1ccc(Oc2ccnc3cc(OCCCN4CCOCC4)c4c(c23)CCO4)c(C)c1. The van der Waals surface area contributed by atoms with E-state index in [1.54, 1.807) is 13.2 Å². The van der Waals surface area contributed by atoms with E-state index >= 15 is 0 Å². The lowest BCUT2D eigenvalue weighted by Crippen LogP contribution is -2.37. The van der Waals surface area contributed by atoms with Gasteiger partial charge >= 0.3 is 6.03 Å². The predicted molar refractivity (Wildman–Crippen MR) is 138 cm³/mol. The molecule has 0 spiro atoms. The number of pyridine rings is 1. The molecule has 2 aliphatic rings. The fourth-order valence-electron chi connectivity index (χ4n) is 4.62. The first-order chi connectivity index (χ1) is 17.6. The highest BCUT2D eigenvalue weighted by atomic mass is 16.5. The highest BCUT2D eigenvalue weighted by molar-refractivity contribution is 5.93. The van der Waals surface area contributed by atoms with Crippen molar-refractivity contribution in [1.29, 1.82) is 0 Å². The zero-order valence-corrected chi connectivity index (χ0v) is 20.8. The molecule has 0 aliphatic carbocycles. The van der Waals surface area contributed by atoms with Crippen LogP contribution >= 0.6 is 0 Å². The fraction of sp³-hybridized carbons (Fsp3) is 0.407. The van der Waals surface area contributed by atoms with Crippen LogP contribution in [-0.4, -0.2) is 69.0 Å². The summed E-state index contributed by atoms with van der Waals surface area (Å²) < 4.78 is 24.0. The van der Waals surface area contributed by atoms with Gasteiger partial charge in [-0.25, -0.2) is 4.79 Å². The van der Waals surface area contributed by atoms with Crippen molar-refractivity contribution in [3.05, 3.63) is 47.7 Å². The molecule has 0 saturated carbocycles. The van der Waals surface area contributed by atoms with Gasteiger partial charge in [-0.2, -0.15) is 0 Å². The second kappa shape index (κ2) is 11.0. The summed E-state index contributed by atoms with van der Waals surface area (Å²) in [5.41, 5.74) is 3.48. The highest BCUT2D eigenvalue weighted by Crippen LogP contribution is 2.44. The van der Waals surface area contributed by atoms with Crippen LogP contribution in [0.1, 0.15) is 17.5 Å². The number of carbonyl (C=O) groups excluding carboxylic acids is 1. The molecule has 36 heavy (non-hydrogen) atoms. The van der Waals surface area contributed by atoms with Crippen LogP contribution in [0.4, 0.5) is 10.5 Å². The maximum atomic E-state index is 11.6. The van der Waals surface area contributed by atoms with Crippen molar-refractivity contribution in [2.24, 2.45) is 0 Å². The smallest absolute Gasteiger partial charge is 0.318 e. The molecule has 3 aromatic rings. The molecule has 5 rings (SSSR count). The Morgan fingerprint density at radius 3 is 2.78 bits per heavy atom. The number of hydrogen-bond acceptors (Lipinski definition) is 7. The van der Waals surface area contributed by atoms with Gasteiger partial charge in [0.15, 0.2) is 11.5 Å². The Morgan fingerprint density at radius 1 is 1.11 bits per heavy atom. The van der Waals surface area contributed by atoms with E-state index in [1.165, 1.54) is 0 Å². The first kappa shape index (κ1) is 24.1. The third-order valence-electron chi connectivity index (χ3n) is 6.47. The molecule has 1 saturated heterocycles. The van der Waals surface area contributed by atoms with Crippen LogP contribution in [-0.2, 0) is 11.2 Å². The van der Waals surface area contributed by atoms with Gasteiger partial charge in [0.25, 0.3) is 0 Å². The Bertz CT molecular complexity index is 1240. The molecule has 2 amide bonds. The van der Waals surface area contributed by atoms with Crippen molar-refractivity contribution in [1.82, 2.24) is 15.2 Å². The largest absolute Gasteiger partial charge is 0.490 e. The normalized spacial score (nSPS) is 15.3. The molecular formula is C27H32N4O5. The molecule has 0 unspecified atom stereocenters. The van der Waals surface area contributed by atoms with E-state index < -0.39 is 0 Å². The Hall–Kier alpha value is -3.56. The lowest BCUT2D eigenvalue weighted by molar-refractivity contribution is 0.0357. The van der Waals surface area contributed by atoms with Gasteiger partial charge in [-0.3, -0.25) is 9.88 Å². The summed E-state index contributed by atoms with van der Waals surface area (Å²) in [6, 6.07) is 9.11. The van der Waals surface area contributed by atoms with Crippen molar-refractivity contribution >= 4 is 22.6 Å². The molecule has 2 aromatic carbocycles. The van der Waals surface area contributed by atoms with Gasteiger partial charge in [0, 0.05) is 56.6 Å². The summed E-state index contributed by atoms with van der Waals surface area (Å²) in [7, 11) is 1.58. The van der Waals surface area contributed by atoms with Gasteiger partial charge in [-0.1, -0.05) is 0 Å². The first-order valence-electron chi connectivity index (χ1n) is 12.4. The Balaban J connectivity index is 1.34. The van der Waals surface area contributed by atoms with E-state index in [2.05, 4.69) is 20.5 Å². The number of urea groups is 1. The summed E-state index contributed by atoms with van der Waals surface area (Å²) in [6.07, 6.45) is 3.46. The van der Waals surface area contributed by atoms with Gasteiger partial charge in [-0.05, 0) is 43.2 Å². The summed E-state index contributed by atoms with van der Waals surface area (Å²) in [5.74, 6) is 2.95. The molecule has 9 nitrogen and oxygen atoms in total. The number of morpholine rings is 1. The number of amides is 2. The maximum Gasteiger partial charge on any atom is 0.318 e. The zero-order chi connectivity index (χ0) is 24.9. The maximum absolute atomic E-state index is 11.6. The Morgan fingerprint density at radius 2 is 1.97 bits per heavy atom. The van der Waals surface area contributed by atoms with Crippen LogP contribution in [0.2, 0.25) is 0 Å². The van der Waals surface area contributed by atoms with E-state index in [0.29, 0.717) is 24.7 Å². The Kier molecular flexibility index (Phi) is 7.39. The van der Waals surface area contributed by atoms with E-state index in [-0.39, 0.29) is 6.03 Å². The number of benzene rings is 2. The number of nitrogens with one attached hydrogen (secondary N) is 2. The average Bonchev–Trinajstić information content (AvgIpc) is 3.39. The van der Waals surface area contributed by atoms with Gasteiger partial charge in [0.05, 0.1) is 37.3 Å². The molecule has 0 atom stereocenters. The van der Waals surface area contributed by atoms with Crippen molar-refractivity contribution < 1.29 is 23.7 Å². The average molecular weight is 493 g/mol. The van der Waals surface area contributed by atoms with Gasteiger partial charge in [-0.15, -0.1) is 0 Å². The second-order valence-corrected chi connectivity index (χ2v) is 8.93. The van der Waals surface area contributed by atoms with E-state index in [9.17, 15) is 4.79 Å². The number of aromatic nitrogens is 1. The molecule has 2 N–H and O–H groups in total. The minimum atomic E-state index is -0.266. The number of rotatable bonds is 8. The topological polar surface area (TPSA) is 94.2 Å². The van der Waals surface area contributed by atoms with Gasteiger partial charge < -0.3 is 29.6 Å². The van der Waals surface area contributed by atoms with Crippen LogP contribution in [0.5, 0.6) is 23.0 Å². The summed E-state index contributed by atoms with van der Waals surface area (Å²) in [6.45, 7) is 7.73. The lowest BCUT2D eigenvalue weighted by atomic mass is 10.0. The molecule has 190 valence electrons. The quantitative estimate of drug-likeness (QED) is 0.457. The molecule has 1 aromatic heterocycles. The van der Waals surface area contributed by atoms with Crippen LogP contribution in [0, 0.1) is 6.92 Å². The summed E-state index contributed by atoms with van der Waals surface area (Å²) in [4.78, 5) is 18.6. The molecule has 2 aliphatic heterocycles. The number of fused-ring (bicyclic) bond motifs is 3. The number of anilines is 1.